The molecule has 2 rings (SSSR count). The summed E-state index contributed by atoms with van der Waals surface area (Å²) in [5, 5.41) is 6.22. The minimum absolute atomic E-state index is 0.00917. The maximum Gasteiger partial charge on any atom is 0.416 e. The minimum atomic E-state index is -4.34. The molecule has 1 heterocycles. The summed E-state index contributed by atoms with van der Waals surface area (Å²) in [6.07, 6.45) is -2.75. The van der Waals surface area contributed by atoms with Gasteiger partial charge in [-0.1, -0.05) is 26.0 Å². The highest BCUT2D eigenvalue weighted by molar-refractivity contribution is 5.79. The fourth-order valence-corrected chi connectivity index (χ4v) is 2.87. The number of benzene rings is 1. The van der Waals surface area contributed by atoms with Crippen LogP contribution < -0.4 is 10.6 Å². The zero-order chi connectivity index (χ0) is 17.0. The molecule has 0 aromatic heterocycles. The molecule has 1 aromatic rings. The van der Waals surface area contributed by atoms with E-state index in [0.29, 0.717) is 5.56 Å². The third kappa shape index (κ3) is 4.70. The summed E-state index contributed by atoms with van der Waals surface area (Å²) in [5.41, 5.74) is 0.0312. The van der Waals surface area contributed by atoms with Crippen molar-refractivity contribution in [2.75, 3.05) is 13.1 Å². The molecule has 0 bridgehead atoms. The van der Waals surface area contributed by atoms with Crippen LogP contribution in [0.5, 0.6) is 0 Å². The summed E-state index contributed by atoms with van der Waals surface area (Å²) in [5.74, 6) is 0.0643. The first-order valence-corrected chi connectivity index (χ1v) is 7.97. The Hall–Kier alpha value is -1.56. The Kier molecular flexibility index (Phi) is 5.68. The number of rotatable bonds is 4. The van der Waals surface area contributed by atoms with Crippen molar-refractivity contribution >= 4 is 5.91 Å². The van der Waals surface area contributed by atoms with Crippen molar-refractivity contribution in [3.63, 3.8) is 0 Å². The second-order valence-electron chi connectivity index (χ2n) is 6.37. The van der Waals surface area contributed by atoms with E-state index in [9.17, 15) is 18.0 Å². The van der Waals surface area contributed by atoms with Crippen LogP contribution in [0, 0.1) is 11.8 Å². The monoisotopic (exact) mass is 328 g/mol. The molecular weight excluding hydrogens is 305 g/mol. The maximum atomic E-state index is 12.7. The quantitative estimate of drug-likeness (QED) is 0.888. The summed E-state index contributed by atoms with van der Waals surface area (Å²) in [6.45, 7) is 5.55. The van der Waals surface area contributed by atoms with Crippen molar-refractivity contribution in [1.29, 1.82) is 0 Å². The lowest BCUT2D eigenvalue weighted by atomic mass is 9.92. The van der Waals surface area contributed by atoms with Crippen molar-refractivity contribution in [2.45, 2.75) is 38.9 Å². The summed E-state index contributed by atoms with van der Waals surface area (Å²) in [4.78, 5) is 12.4. The molecule has 128 valence electrons. The maximum absolute atomic E-state index is 12.7. The van der Waals surface area contributed by atoms with E-state index < -0.39 is 11.7 Å². The number of nitrogens with one attached hydrogen (secondary N) is 2. The van der Waals surface area contributed by atoms with Gasteiger partial charge in [-0.25, -0.2) is 0 Å². The first kappa shape index (κ1) is 17.8. The van der Waals surface area contributed by atoms with Gasteiger partial charge in [0.1, 0.15) is 0 Å². The van der Waals surface area contributed by atoms with Crippen LogP contribution in [-0.2, 0) is 11.0 Å². The molecule has 0 radical (unpaired) electrons. The Balaban J connectivity index is 2.10. The molecule has 1 amide bonds. The van der Waals surface area contributed by atoms with E-state index in [4.69, 9.17) is 0 Å². The Labute approximate surface area is 134 Å². The van der Waals surface area contributed by atoms with Crippen LogP contribution in [0.25, 0.3) is 0 Å². The lowest BCUT2D eigenvalue weighted by Crippen LogP contribution is -2.40. The molecule has 1 fully saturated rings. The molecule has 1 atom stereocenters. The summed E-state index contributed by atoms with van der Waals surface area (Å²) in [7, 11) is 0. The first-order valence-electron chi connectivity index (χ1n) is 7.97. The Morgan fingerprint density at radius 1 is 1.17 bits per heavy atom. The molecule has 0 aliphatic carbocycles. The average Bonchev–Trinajstić information content (AvgIpc) is 2.52. The Morgan fingerprint density at radius 2 is 1.74 bits per heavy atom. The number of amides is 1. The zero-order valence-electron chi connectivity index (χ0n) is 13.4. The van der Waals surface area contributed by atoms with Crippen molar-refractivity contribution in [1.82, 2.24) is 10.6 Å². The van der Waals surface area contributed by atoms with Gasteiger partial charge in [0.25, 0.3) is 0 Å². The van der Waals surface area contributed by atoms with Gasteiger partial charge in [0.15, 0.2) is 0 Å². The molecule has 0 saturated carbocycles. The third-order valence-corrected chi connectivity index (χ3v) is 4.27. The van der Waals surface area contributed by atoms with Gasteiger partial charge in [0.05, 0.1) is 11.6 Å². The predicted octanol–water partition coefficient (Wildman–Crippen LogP) is 3.52. The van der Waals surface area contributed by atoms with Gasteiger partial charge in [0, 0.05) is 5.92 Å². The third-order valence-electron chi connectivity index (χ3n) is 4.27. The summed E-state index contributed by atoms with van der Waals surface area (Å²) >= 11 is 0. The van der Waals surface area contributed by atoms with Gasteiger partial charge in [-0.15, -0.1) is 0 Å². The lowest BCUT2D eigenvalue weighted by Gasteiger charge is -2.28. The number of hydrogen-bond donors (Lipinski definition) is 2. The van der Waals surface area contributed by atoms with Crippen LogP contribution in [0.15, 0.2) is 24.3 Å². The van der Waals surface area contributed by atoms with E-state index >= 15 is 0 Å². The van der Waals surface area contributed by atoms with Crippen LogP contribution in [0.4, 0.5) is 13.2 Å². The van der Waals surface area contributed by atoms with E-state index in [-0.39, 0.29) is 23.8 Å². The van der Waals surface area contributed by atoms with Gasteiger partial charge in [-0.3, -0.25) is 4.79 Å². The molecule has 1 aliphatic rings. The number of halogens is 3. The zero-order valence-corrected chi connectivity index (χ0v) is 13.4. The standard InChI is InChI=1S/C17H23F3N2O/c1-11(2)15(22-16(23)13-7-9-21-10-8-13)12-3-5-14(6-4-12)17(18,19)20/h3-6,11,13,15,21H,7-10H2,1-2H3,(H,22,23). The largest absolute Gasteiger partial charge is 0.416 e. The topological polar surface area (TPSA) is 41.1 Å². The second kappa shape index (κ2) is 7.34. The number of alkyl halides is 3. The van der Waals surface area contributed by atoms with Crippen LogP contribution >= 0.6 is 0 Å². The van der Waals surface area contributed by atoms with Crippen LogP contribution in [0.2, 0.25) is 0 Å². The Morgan fingerprint density at radius 3 is 2.22 bits per heavy atom. The van der Waals surface area contributed by atoms with Gasteiger partial charge >= 0.3 is 6.18 Å². The minimum Gasteiger partial charge on any atom is -0.349 e. The fourth-order valence-electron chi connectivity index (χ4n) is 2.87. The van der Waals surface area contributed by atoms with Crippen LogP contribution in [0.1, 0.15) is 43.9 Å². The predicted molar refractivity (Wildman–Crippen MR) is 82.8 cm³/mol. The van der Waals surface area contributed by atoms with Crippen molar-refractivity contribution in [2.24, 2.45) is 11.8 Å². The van der Waals surface area contributed by atoms with Crippen LogP contribution in [0.3, 0.4) is 0 Å². The molecule has 6 heteroatoms. The highest BCUT2D eigenvalue weighted by Gasteiger charge is 2.31. The van der Waals surface area contributed by atoms with Crippen molar-refractivity contribution in [3.05, 3.63) is 35.4 Å². The molecule has 23 heavy (non-hydrogen) atoms. The van der Waals surface area contributed by atoms with Gasteiger partial charge in [-0.05, 0) is 49.5 Å². The van der Waals surface area contributed by atoms with E-state index in [0.717, 1.165) is 38.1 Å². The number of piperidine rings is 1. The smallest absolute Gasteiger partial charge is 0.349 e. The number of carbonyl (C=O) groups excluding carboxylic acids is 1. The summed E-state index contributed by atoms with van der Waals surface area (Å²) in [6, 6.07) is 4.77. The Bertz CT molecular complexity index is 520. The lowest BCUT2D eigenvalue weighted by molar-refractivity contribution is -0.137. The molecule has 0 spiro atoms. The normalized spacial score (nSPS) is 18.0. The highest BCUT2D eigenvalue weighted by Crippen LogP contribution is 2.31. The second-order valence-corrected chi connectivity index (χ2v) is 6.37. The molecule has 1 aliphatic heterocycles. The van der Waals surface area contributed by atoms with Crippen molar-refractivity contribution < 1.29 is 18.0 Å². The highest BCUT2D eigenvalue weighted by atomic mass is 19.4. The van der Waals surface area contributed by atoms with E-state index in [1.54, 1.807) is 0 Å². The van der Waals surface area contributed by atoms with Crippen LogP contribution in [-0.4, -0.2) is 19.0 Å². The first-order chi connectivity index (χ1) is 10.8. The molecule has 2 N–H and O–H groups in total. The molecule has 1 aromatic carbocycles. The molecular formula is C17H23F3N2O. The molecule has 3 nitrogen and oxygen atoms in total. The van der Waals surface area contributed by atoms with E-state index in [1.165, 1.54) is 12.1 Å². The summed E-state index contributed by atoms with van der Waals surface area (Å²) < 4.78 is 38.0. The van der Waals surface area contributed by atoms with E-state index in [1.807, 2.05) is 13.8 Å². The van der Waals surface area contributed by atoms with Gasteiger partial charge in [0.2, 0.25) is 5.91 Å². The SMILES string of the molecule is CC(C)C(NC(=O)C1CCNCC1)c1ccc(C(F)(F)F)cc1. The number of hydrogen-bond acceptors (Lipinski definition) is 2. The average molecular weight is 328 g/mol. The number of carbonyl (C=O) groups is 1. The molecule has 1 unspecified atom stereocenters. The fraction of sp³-hybridized carbons (Fsp3) is 0.588. The molecule has 1 saturated heterocycles. The van der Waals surface area contributed by atoms with Gasteiger partial charge in [-0.2, -0.15) is 13.2 Å². The van der Waals surface area contributed by atoms with Crippen molar-refractivity contribution in [3.8, 4) is 0 Å². The van der Waals surface area contributed by atoms with Gasteiger partial charge < -0.3 is 10.6 Å². The van der Waals surface area contributed by atoms with E-state index in [2.05, 4.69) is 10.6 Å².